The third-order valence-electron chi connectivity index (χ3n) is 2.94. The van der Waals surface area contributed by atoms with Crippen molar-refractivity contribution in [1.29, 1.82) is 0 Å². The number of hydrogen-bond donors (Lipinski definition) is 1. The first-order valence-corrected chi connectivity index (χ1v) is 9.46. The molecule has 1 aromatic carbocycles. The summed E-state index contributed by atoms with van der Waals surface area (Å²) in [5, 5.41) is 1.98. The first kappa shape index (κ1) is 14.3. The molecule has 0 spiro atoms. The van der Waals surface area contributed by atoms with E-state index in [2.05, 4.69) is 4.72 Å². The number of anilines is 1. The van der Waals surface area contributed by atoms with Gasteiger partial charge in [-0.2, -0.15) is 0 Å². The smallest absolute Gasteiger partial charge is 0.271 e. The van der Waals surface area contributed by atoms with Gasteiger partial charge in [-0.15, -0.1) is 22.7 Å². The van der Waals surface area contributed by atoms with E-state index in [4.69, 9.17) is 0 Å². The summed E-state index contributed by atoms with van der Waals surface area (Å²) in [7, 11) is -3.53. The van der Waals surface area contributed by atoms with Crippen molar-refractivity contribution in [2.45, 2.75) is 11.1 Å². The molecule has 3 nitrogen and oxygen atoms in total. The van der Waals surface area contributed by atoms with Crippen molar-refractivity contribution in [3.8, 4) is 10.4 Å². The fraction of sp³-hybridized carbons (Fsp3) is 0.0667. The van der Waals surface area contributed by atoms with Crippen molar-refractivity contribution in [2.75, 3.05) is 4.72 Å². The van der Waals surface area contributed by atoms with Gasteiger partial charge in [0.2, 0.25) is 0 Å². The van der Waals surface area contributed by atoms with Gasteiger partial charge in [0, 0.05) is 15.3 Å². The van der Waals surface area contributed by atoms with E-state index in [0.29, 0.717) is 9.90 Å². The highest BCUT2D eigenvalue weighted by Crippen LogP contribution is 2.33. The van der Waals surface area contributed by atoms with Crippen LogP contribution < -0.4 is 4.72 Å². The van der Waals surface area contributed by atoms with E-state index in [1.165, 1.54) is 11.3 Å². The summed E-state index contributed by atoms with van der Waals surface area (Å²) in [5.74, 6) is 0. The summed E-state index contributed by atoms with van der Waals surface area (Å²) in [5.41, 5.74) is 1.50. The maximum atomic E-state index is 12.4. The van der Waals surface area contributed by atoms with Crippen LogP contribution in [0.2, 0.25) is 0 Å². The zero-order chi connectivity index (χ0) is 14.9. The third-order valence-corrected chi connectivity index (χ3v) is 6.70. The van der Waals surface area contributed by atoms with Crippen LogP contribution >= 0.6 is 22.7 Å². The van der Waals surface area contributed by atoms with Crippen molar-refractivity contribution in [2.24, 2.45) is 0 Å². The molecule has 0 bridgehead atoms. The Labute approximate surface area is 132 Å². The van der Waals surface area contributed by atoms with Crippen LogP contribution in [0.4, 0.5) is 5.69 Å². The highest BCUT2D eigenvalue weighted by atomic mass is 32.2. The topological polar surface area (TPSA) is 46.2 Å². The number of rotatable bonds is 4. The largest absolute Gasteiger partial charge is 0.278 e. The lowest BCUT2D eigenvalue weighted by atomic mass is 10.1. The van der Waals surface area contributed by atoms with Crippen molar-refractivity contribution >= 4 is 38.4 Å². The van der Waals surface area contributed by atoms with E-state index in [0.717, 1.165) is 15.3 Å². The van der Waals surface area contributed by atoms with Gasteiger partial charge in [0.15, 0.2) is 0 Å². The second-order valence-corrected chi connectivity index (χ2v) is 8.64. The molecule has 0 aliphatic rings. The monoisotopic (exact) mass is 335 g/mol. The summed E-state index contributed by atoms with van der Waals surface area (Å²) in [6, 6.07) is 14.8. The molecule has 0 aliphatic carbocycles. The molecule has 3 rings (SSSR count). The zero-order valence-corrected chi connectivity index (χ0v) is 13.7. The summed E-state index contributed by atoms with van der Waals surface area (Å²) in [6.07, 6.45) is 0. The SMILES string of the molecule is Cc1ccc(S(=O)(=O)Nc2ccccc2-c2cccs2)s1. The van der Waals surface area contributed by atoms with Gasteiger partial charge >= 0.3 is 0 Å². The molecular formula is C15H13NO2S3. The van der Waals surface area contributed by atoms with Gasteiger partial charge in [-0.1, -0.05) is 24.3 Å². The Bertz CT molecular complexity index is 849. The van der Waals surface area contributed by atoms with Crippen molar-refractivity contribution in [3.05, 3.63) is 58.8 Å². The van der Waals surface area contributed by atoms with Gasteiger partial charge in [-0.3, -0.25) is 4.72 Å². The molecule has 6 heteroatoms. The molecule has 0 amide bonds. The van der Waals surface area contributed by atoms with Gasteiger partial charge in [0.25, 0.3) is 10.0 Å². The first-order chi connectivity index (χ1) is 10.1. The molecule has 0 radical (unpaired) electrons. The molecule has 0 saturated heterocycles. The van der Waals surface area contributed by atoms with Crippen LogP contribution in [0.1, 0.15) is 4.88 Å². The quantitative estimate of drug-likeness (QED) is 0.758. The van der Waals surface area contributed by atoms with E-state index in [-0.39, 0.29) is 0 Å². The van der Waals surface area contributed by atoms with Gasteiger partial charge < -0.3 is 0 Å². The Morgan fingerprint density at radius 3 is 2.48 bits per heavy atom. The number of thiophene rings is 2. The number of aryl methyl sites for hydroxylation is 1. The van der Waals surface area contributed by atoms with Crippen LogP contribution in [-0.2, 0) is 10.0 Å². The summed E-state index contributed by atoms with van der Waals surface area (Å²) < 4.78 is 27.9. The molecule has 108 valence electrons. The molecule has 2 heterocycles. The van der Waals surface area contributed by atoms with Crippen LogP contribution in [0.3, 0.4) is 0 Å². The van der Waals surface area contributed by atoms with Gasteiger partial charge in [-0.25, -0.2) is 8.42 Å². The first-order valence-electron chi connectivity index (χ1n) is 6.28. The minimum absolute atomic E-state index is 0.334. The van der Waals surface area contributed by atoms with Gasteiger partial charge in [0.1, 0.15) is 4.21 Å². The van der Waals surface area contributed by atoms with Crippen LogP contribution in [-0.4, -0.2) is 8.42 Å². The van der Waals surface area contributed by atoms with Crippen molar-refractivity contribution in [1.82, 2.24) is 0 Å². The predicted octanol–water partition coefficient (Wildman–Crippen LogP) is 4.59. The highest BCUT2D eigenvalue weighted by Gasteiger charge is 2.18. The average Bonchev–Trinajstić information content (AvgIpc) is 3.10. The van der Waals surface area contributed by atoms with Crippen molar-refractivity contribution < 1.29 is 8.42 Å². The van der Waals surface area contributed by atoms with E-state index in [1.54, 1.807) is 23.5 Å². The Hall–Kier alpha value is -1.63. The number of para-hydroxylation sites is 1. The molecule has 0 unspecified atom stereocenters. The fourth-order valence-electron chi connectivity index (χ4n) is 1.97. The maximum absolute atomic E-state index is 12.4. The second kappa shape index (κ2) is 5.63. The predicted molar refractivity (Wildman–Crippen MR) is 89.6 cm³/mol. The third kappa shape index (κ3) is 3.02. The summed E-state index contributed by atoms with van der Waals surface area (Å²) >= 11 is 2.85. The average molecular weight is 335 g/mol. The molecule has 0 aliphatic heterocycles. The molecular weight excluding hydrogens is 322 g/mol. The number of nitrogens with one attached hydrogen (secondary N) is 1. The second-order valence-electron chi connectivity index (χ2n) is 4.49. The highest BCUT2D eigenvalue weighted by molar-refractivity contribution is 7.94. The molecule has 0 fully saturated rings. The lowest BCUT2D eigenvalue weighted by molar-refractivity contribution is 0.603. The van der Waals surface area contributed by atoms with Crippen LogP contribution in [0.15, 0.2) is 58.1 Å². The lowest BCUT2D eigenvalue weighted by Gasteiger charge is -2.10. The maximum Gasteiger partial charge on any atom is 0.271 e. The minimum atomic E-state index is -3.53. The summed E-state index contributed by atoms with van der Waals surface area (Å²) in [4.78, 5) is 2.01. The standard InChI is InChI=1S/C15H13NO2S3/c1-11-8-9-15(20-11)21(17,18)16-13-6-3-2-5-12(13)14-7-4-10-19-14/h2-10,16H,1H3. The van der Waals surface area contributed by atoms with Crippen LogP contribution in [0.5, 0.6) is 0 Å². The van der Waals surface area contributed by atoms with E-state index in [9.17, 15) is 8.42 Å². The number of benzene rings is 1. The molecule has 0 saturated carbocycles. The van der Waals surface area contributed by atoms with Gasteiger partial charge in [0.05, 0.1) is 5.69 Å². The Morgan fingerprint density at radius 2 is 1.81 bits per heavy atom. The molecule has 0 atom stereocenters. The van der Waals surface area contributed by atoms with E-state index >= 15 is 0 Å². The van der Waals surface area contributed by atoms with Gasteiger partial charge in [-0.05, 0) is 36.6 Å². The normalized spacial score (nSPS) is 11.5. The Balaban J connectivity index is 1.99. The lowest BCUT2D eigenvalue weighted by Crippen LogP contribution is -2.12. The number of sulfonamides is 1. The molecule has 21 heavy (non-hydrogen) atoms. The summed E-state index contributed by atoms with van der Waals surface area (Å²) in [6.45, 7) is 1.89. The van der Waals surface area contributed by atoms with E-state index in [1.807, 2.05) is 48.7 Å². The molecule has 2 aromatic heterocycles. The van der Waals surface area contributed by atoms with Crippen LogP contribution in [0, 0.1) is 6.92 Å². The number of hydrogen-bond acceptors (Lipinski definition) is 4. The van der Waals surface area contributed by atoms with Crippen LogP contribution in [0.25, 0.3) is 10.4 Å². The zero-order valence-electron chi connectivity index (χ0n) is 11.2. The Morgan fingerprint density at radius 1 is 1.00 bits per heavy atom. The Kier molecular flexibility index (Phi) is 3.84. The minimum Gasteiger partial charge on any atom is -0.278 e. The fourth-order valence-corrected chi connectivity index (χ4v) is 5.10. The van der Waals surface area contributed by atoms with Crippen molar-refractivity contribution in [3.63, 3.8) is 0 Å². The van der Waals surface area contributed by atoms with E-state index < -0.39 is 10.0 Å². The molecule has 3 aromatic rings. The molecule has 1 N–H and O–H groups in total.